The molecule has 0 saturated carbocycles. The zero-order valence-corrected chi connectivity index (χ0v) is 19.2. The fourth-order valence-corrected chi connectivity index (χ4v) is 3.58. The highest BCUT2D eigenvalue weighted by atomic mass is 35.5. The van der Waals surface area contributed by atoms with Gasteiger partial charge >= 0.3 is 8.60 Å². The Morgan fingerprint density at radius 1 is 1.03 bits per heavy atom. The van der Waals surface area contributed by atoms with Crippen LogP contribution in [0.2, 0.25) is 5.02 Å². The molecule has 1 amide bonds. The Bertz CT molecular complexity index is 1010. The molecule has 0 aliphatic carbocycles. The summed E-state index contributed by atoms with van der Waals surface area (Å²) in [6, 6.07) is 23.6. The molecule has 32 heavy (non-hydrogen) atoms. The summed E-state index contributed by atoms with van der Waals surface area (Å²) < 4.78 is 10.5. The Morgan fingerprint density at radius 3 is 2.38 bits per heavy atom. The van der Waals surface area contributed by atoms with Crippen LogP contribution >= 0.6 is 20.2 Å². The number of carbonyl (C=O) groups excluding carboxylic acids is 1. The first-order valence-corrected chi connectivity index (χ1v) is 11.6. The molecule has 0 aliphatic heterocycles. The van der Waals surface area contributed by atoms with E-state index < -0.39 is 14.5 Å². The van der Waals surface area contributed by atoms with Crippen molar-refractivity contribution >= 4 is 31.8 Å². The van der Waals surface area contributed by atoms with E-state index >= 15 is 0 Å². The smallest absolute Gasteiger partial charge is 0.327 e. The molecule has 0 aromatic heterocycles. The zero-order chi connectivity index (χ0) is 22.9. The van der Waals surface area contributed by atoms with Gasteiger partial charge in [0.2, 0.25) is 5.91 Å². The van der Waals surface area contributed by atoms with Gasteiger partial charge in [-0.25, -0.2) is 0 Å². The third-order valence-corrected chi connectivity index (χ3v) is 5.47. The number of hydrogen-bond acceptors (Lipinski definition) is 5. The Morgan fingerprint density at radius 2 is 1.72 bits per heavy atom. The van der Waals surface area contributed by atoms with Crippen LogP contribution in [0.25, 0.3) is 11.1 Å². The van der Waals surface area contributed by atoms with Gasteiger partial charge in [-0.3, -0.25) is 4.79 Å². The molecule has 3 N–H and O–H groups in total. The molecule has 3 rings (SSSR count). The molecule has 0 radical (unpaired) electrons. The van der Waals surface area contributed by atoms with E-state index in [1.807, 2.05) is 18.2 Å². The van der Waals surface area contributed by atoms with Crippen molar-refractivity contribution in [3.63, 3.8) is 0 Å². The number of hydrogen-bond donors (Lipinski definition) is 3. The summed E-state index contributed by atoms with van der Waals surface area (Å²) in [5.74, 6) is -0.332. The quantitative estimate of drug-likeness (QED) is 0.342. The summed E-state index contributed by atoms with van der Waals surface area (Å²) in [6.07, 6.45) is 0.736. The minimum Gasteiger partial charge on any atom is -0.492 e. The molecule has 0 aliphatic rings. The number of benzene rings is 3. The van der Waals surface area contributed by atoms with E-state index in [1.54, 1.807) is 25.1 Å². The molecule has 3 aromatic rings. The summed E-state index contributed by atoms with van der Waals surface area (Å²) in [5, 5.41) is 3.11. The first-order chi connectivity index (χ1) is 15.4. The van der Waals surface area contributed by atoms with E-state index in [9.17, 15) is 4.79 Å². The number of rotatable bonds is 10. The molecule has 6 nitrogen and oxygen atoms in total. The van der Waals surface area contributed by atoms with Crippen LogP contribution in [0.4, 0.5) is 5.69 Å². The number of nitrogens with one attached hydrogen (secondary N) is 1. The summed E-state index contributed by atoms with van der Waals surface area (Å²) in [6.45, 7) is 2.00. The van der Waals surface area contributed by atoms with Crippen molar-refractivity contribution in [2.75, 3.05) is 18.5 Å². The minimum atomic E-state index is -2.48. The number of ether oxygens (including phenoxy) is 1. The van der Waals surface area contributed by atoms with Crippen molar-refractivity contribution in [1.82, 2.24) is 0 Å². The van der Waals surface area contributed by atoms with Crippen LogP contribution < -0.4 is 10.1 Å². The van der Waals surface area contributed by atoms with Gasteiger partial charge in [-0.1, -0.05) is 73.1 Å². The van der Waals surface area contributed by atoms with Crippen LogP contribution in [-0.4, -0.2) is 28.9 Å². The van der Waals surface area contributed by atoms with Crippen LogP contribution in [0.1, 0.15) is 12.5 Å². The number of halogens is 1. The fourth-order valence-electron chi connectivity index (χ4n) is 2.99. The van der Waals surface area contributed by atoms with Gasteiger partial charge in [0.05, 0.1) is 24.2 Å². The zero-order valence-electron chi connectivity index (χ0n) is 17.6. The summed E-state index contributed by atoms with van der Waals surface area (Å²) in [4.78, 5) is 29.7. The highest BCUT2D eigenvalue weighted by Crippen LogP contribution is 2.29. The molecule has 168 valence electrons. The van der Waals surface area contributed by atoms with Gasteiger partial charge in [-0.2, -0.15) is 0 Å². The lowest BCUT2D eigenvalue weighted by atomic mass is 10.0. The standard InChI is InChI=1S/C24H25ClNO5P/c1-17(16-31-32(28)29)24(27)26-21-11-12-23(22(25)15-21)30-14-13-18-7-9-20(10-8-18)19-5-3-2-4-6-19/h2-12,15,17,28-29H,13-14,16H2,1H3,(H,26,27). The Kier molecular flexibility index (Phi) is 9.03. The molecular weight excluding hydrogens is 449 g/mol. The molecule has 3 aromatic carbocycles. The minimum absolute atomic E-state index is 0.0915. The molecule has 0 spiro atoms. The van der Waals surface area contributed by atoms with Crippen LogP contribution in [0.5, 0.6) is 5.75 Å². The van der Waals surface area contributed by atoms with Gasteiger partial charge in [-0.05, 0) is 34.9 Å². The van der Waals surface area contributed by atoms with Crippen molar-refractivity contribution in [3.8, 4) is 16.9 Å². The molecule has 0 bridgehead atoms. The van der Waals surface area contributed by atoms with Gasteiger partial charge in [0, 0.05) is 12.1 Å². The van der Waals surface area contributed by atoms with E-state index in [1.165, 1.54) is 11.1 Å². The summed E-state index contributed by atoms with van der Waals surface area (Å²) in [5.41, 5.74) is 4.04. The average Bonchev–Trinajstić information content (AvgIpc) is 2.80. The van der Waals surface area contributed by atoms with Gasteiger partial charge < -0.3 is 24.4 Å². The molecular formula is C24H25ClNO5P. The first-order valence-electron chi connectivity index (χ1n) is 10.1. The highest BCUT2D eigenvalue weighted by Gasteiger charge is 2.16. The third kappa shape index (κ3) is 7.30. The summed E-state index contributed by atoms with van der Waals surface area (Å²) >= 11 is 6.30. The molecule has 0 saturated heterocycles. The maximum absolute atomic E-state index is 12.1. The topological polar surface area (TPSA) is 88.0 Å². The average molecular weight is 474 g/mol. The fraction of sp³-hybridized carbons (Fsp3) is 0.208. The Balaban J connectivity index is 1.49. The normalized spacial score (nSPS) is 11.9. The van der Waals surface area contributed by atoms with Crippen molar-refractivity contribution in [1.29, 1.82) is 0 Å². The molecule has 1 atom stereocenters. The van der Waals surface area contributed by atoms with E-state index in [4.69, 9.17) is 26.1 Å². The van der Waals surface area contributed by atoms with Crippen molar-refractivity contribution in [2.24, 2.45) is 5.92 Å². The molecule has 0 fully saturated rings. The van der Waals surface area contributed by atoms with Crippen molar-refractivity contribution in [3.05, 3.63) is 83.4 Å². The van der Waals surface area contributed by atoms with E-state index in [-0.39, 0.29) is 12.5 Å². The lowest BCUT2D eigenvalue weighted by molar-refractivity contribution is -0.120. The number of anilines is 1. The van der Waals surface area contributed by atoms with Gasteiger partial charge in [0.15, 0.2) is 0 Å². The predicted molar refractivity (Wildman–Crippen MR) is 128 cm³/mol. The first kappa shape index (κ1) is 24.2. The van der Waals surface area contributed by atoms with Gasteiger partial charge in [0.25, 0.3) is 0 Å². The predicted octanol–water partition coefficient (Wildman–Crippen LogP) is 5.43. The van der Waals surface area contributed by atoms with Gasteiger partial charge in [0.1, 0.15) is 5.75 Å². The Labute approximate surface area is 193 Å². The maximum Gasteiger partial charge on any atom is 0.327 e. The van der Waals surface area contributed by atoms with E-state index in [2.05, 4.69) is 46.2 Å². The van der Waals surface area contributed by atoms with Gasteiger partial charge in [-0.15, -0.1) is 0 Å². The van der Waals surface area contributed by atoms with Crippen LogP contribution in [0.15, 0.2) is 72.8 Å². The van der Waals surface area contributed by atoms with Crippen LogP contribution in [0.3, 0.4) is 0 Å². The third-order valence-electron chi connectivity index (χ3n) is 4.80. The van der Waals surface area contributed by atoms with Crippen molar-refractivity contribution in [2.45, 2.75) is 13.3 Å². The lowest BCUT2D eigenvalue weighted by Gasteiger charge is -2.14. The molecule has 1 unspecified atom stereocenters. The SMILES string of the molecule is CC(COP(O)O)C(=O)Nc1ccc(OCCc2ccc(-c3ccccc3)cc2)c(Cl)c1. The van der Waals surface area contributed by atoms with Crippen LogP contribution in [0, 0.1) is 5.92 Å². The largest absolute Gasteiger partial charge is 0.492 e. The second-order valence-electron chi connectivity index (χ2n) is 7.25. The lowest BCUT2D eigenvalue weighted by Crippen LogP contribution is -2.23. The molecule has 0 heterocycles. The van der Waals surface area contributed by atoms with E-state index in [0.717, 1.165) is 12.0 Å². The second-order valence-corrected chi connectivity index (χ2v) is 8.42. The van der Waals surface area contributed by atoms with Crippen LogP contribution in [-0.2, 0) is 15.7 Å². The number of carbonyl (C=O) groups is 1. The van der Waals surface area contributed by atoms with Crippen molar-refractivity contribution < 1.29 is 23.8 Å². The monoisotopic (exact) mass is 473 g/mol. The highest BCUT2D eigenvalue weighted by molar-refractivity contribution is 7.39. The second kappa shape index (κ2) is 12.0. The molecule has 8 heteroatoms. The summed E-state index contributed by atoms with van der Waals surface area (Å²) in [7, 11) is -2.48. The maximum atomic E-state index is 12.1. The van der Waals surface area contributed by atoms with E-state index in [0.29, 0.717) is 23.1 Å². The Hall–Kier alpha value is -2.47. The number of amides is 1.